The van der Waals surface area contributed by atoms with E-state index in [2.05, 4.69) is 10.2 Å². The first kappa shape index (κ1) is 13.1. The summed E-state index contributed by atoms with van der Waals surface area (Å²) in [6.07, 6.45) is 0. The van der Waals surface area contributed by atoms with Crippen molar-refractivity contribution in [1.82, 2.24) is 10.2 Å². The highest BCUT2D eigenvalue weighted by molar-refractivity contribution is 8.02. The van der Waals surface area contributed by atoms with Crippen LogP contribution in [0.3, 0.4) is 0 Å². The Hall–Kier alpha value is -1.32. The Morgan fingerprint density at radius 2 is 2.17 bits per heavy atom. The van der Waals surface area contributed by atoms with Crippen LogP contribution in [0.15, 0.2) is 14.6 Å². The molecule has 2 aromatic rings. The van der Waals surface area contributed by atoms with Gasteiger partial charge in [-0.15, -0.1) is 21.5 Å². The quantitative estimate of drug-likeness (QED) is 0.490. The van der Waals surface area contributed by atoms with E-state index >= 15 is 0 Å². The summed E-state index contributed by atoms with van der Waals surface area (Å²) < 4.78 is 1.09. The normalized spacial score (nSPS) is 10.6. The van der Waals surface area contributed by atoms with Crippen molar-refractivity contribution in [3.63, 3.8) is 0 Å². The van der Waals surface area contributed by atoms with Gasteiger partial charge in [0.15, 0.2) is 10.1 Å². The first-order chi connectivity index (χ1) is 8.47. The van der Waals surface area contributed by atoms with Crippen LogP contribution in [0.25, 0.3) is 0 Å². The third kappa shape index (κ3) is 2.74. The molecule has 18 heavy (non-hydrogen) atoms. The fourth-order valence-corrected chi connectivity index (χ4v) is 4.39. The molecule has 9 heteroatoms. The fraction of sp³-hybridized carbons (Fsp3) is 0.222. The highest BCUT2D eigenvalue weighted by atomic mass is 32.2. The number of carbonyl (C=O) groups is 1. The Balaban J connectivity index is 2.36. The molecule has 2 heterocycles. The second-order valence-electron chi connectivity index (χ2n) is 3.29. The number of nitrogens with zero attached hydrogens (tertiary/aromatic N) is 3. The minimum atomic E-state index is -0.487. The zero-order valence-corrected chi connectivity index (χ0v) is 11.8. The Kier molecular flexibility index (Phi) is 3.73. The van der Waals surface area contributed by atoms with Gasteiger partial charge in [-0.25, -0.2) is 0 Å². The second kappa shape index (κ2) is 5.12. The van der Waals surface area contributed by atoms with Crippen molar-refractivity contribution >= 4 is 45.9 Å². The van der Waals surface area contributed by atoms with Gasteiger partial charge in [-0.05, 0) is 25.6 Å². The van der Waals surface area contributed by atoms with Crippen LogP contribution in [-0.2, 0) is 0 Å². The number of nitro groups is 1. The summed E-state index contributed by atoms with van der Waals surface area (Å²) in [5.41, 5.74) is -0.0527. The van der Waals surface area contributed by atoms with Crippen LogP contribution in [-0.4, -0.2) is 20.9 Å². The fourth-order valence-electron chi connectivity index (χ4n) is 1.14. The molecule has 0 saturated carbocycles. The topological polar surface area (TPSA) is 86.0 Å². The van der Waals surface area contributed by atoms with Crippen LogP contribution in [0.4, 0.5) is 5.69 Å². The van der Waals surface area contributed by atoms with Crippen LogP contribution < -0.4 is 0 Å². The van der Waals surface area contributed by atoms with E-state index in [1.165, 1.54) is 36.1 Å². The monoisotopic (exact) mass is 301 g/mol. The second-order valence-corrected chi connectivity index (χ2v) is 7.04. The lowest BCUT2D eigenvalue weighted by molar-refractivity contribution is -0.387. The van der Waals surface area contributed by atoms with Crippen molar-refractivity contribution in [3.8, 4) is 0 Å². The van der Waals surface area contributed by atoms with Gasteiger partial charge >= 0.3 is 0 Å². The lowest BCUT2D eigenvalue weighted by Gasteiger charge is -1.91. The van der Waals surface area contributed by atoms with Gasteiger partial charge in [-0.3, -0.25) is 14.9 Å². The number of hydrogen-bond acceptors (Lipinski definition) is 8. The minimum absolute atomic E-state index is 0.0527. The number of thiophene rings is 1. The molecule has 0 radical (unpaired) electrons. The SMILES string of the molecule is CC(=O)c1cc([N+](=O)[O-])c(Sc2nnc(C)s2)s1. The van der Waals surface area contributed by atoms with E-state index in [9.17, 15) is 14.9 Å². The third-order valence-electron chi connectivity index (χ3n) is 1.91. The van der Waals surface area contributed by atoms with Crippen molar-refractivity contribution in [2.45, 2.75) is 22.4 Å². The van der Waals surface area contributed by atoms with E-state index in [1.54, 1.807) is 0 Å². The molecule has 0 fully saturated rings. The van der Waals surface area contributed by atoms with Crippen LogP contribution in [0.1, 0.15) is 21.6 Å². The number of carbonyl (C=O) groups excluding carboxylic acids is 1. The third-order valence-corrected chi connectivity index (χ3v) is 5.21. The van der Waals surface area contributed by atoms with Crippen molar-refractivity contribution in [2.75, 3.05) is 0 Å². The Bertz CT molecular complexity index is 620. The van der Waals surface area contributed by atoms with Crippen molar-refractivity contribution in [2.24, 2.45) is 0 Å². The molecular weight excluding hydrogens is 294 g/mol. The minimum Gasteiger partial charge on any atom is -0.294 e. The molecule has 0 aliphatic carbocycles. The smallest absolute Gasteiger partial charge is 0.294 e. The highest BCUT2D eigenvalue weighted by Crippen LogP contribution is 2.42. The maximum absolute atomic E-state index is 11.2. The number of ketones is 1. The molecular formula is C9H7N3O3S3. The number of aromatic nitrogens is 2. The Labute approximate surface area is 114 Å². The number of Topliss-reactive ketones (excluding diaryl/α,β-unsaturated/α-hetero) is 1. The predicted octanol–water partition coefficient (Wildman–Crippen LogP) is 3.17. The van der Waals surface area contributed by atoms with Gasteiger partial charge in [-0.1, -0.05) is 11.3 Å². The summed E-state index contributed by atoms with van der Waals surface area (Å²) in [4.78, 5) is 22.0. The van der Waals surface area contributed by atoms with Gasteiger partial charge in [0.25, 0.3) is 5.69 Å². The van der Waals surface area contributed by atoms with E-state index in [1.807, 2.05) is 6.92 Å². The maximum atomic E-state index is 11.2. The molecule has 2 aromatic heterocycles. The maximum Gasteiger partial charge on any atom is 0.294 e. The van der Waals surface area contributed by atoms with Crippen LogP contribution in [0.5, 0.6) is 0 Å². The Morgan fingerprint density at radius 3 is 2.67 bits per heavy atom. The van der Waals surface area contributed by atoms with Gasteiger partial charge in [-0.2, -0.15) is 0 Å². The van der Waals surface area contributed by atoms with Gasteiger partial charge in [0.1, 0.15) is 9.22 Å². The summed E-state index contributed by atoms with van der Waals surface area (Å²) in [7, 11) is 0. The number of hydrogen-bond donors (Lipinski definition) is 0. The molecule has 0 bridgehead atoms. The lowest BCUT2D eigenvalue weighted by Crippen LogP contribution is -1.87. The summed E-state index contributed by atoms with van der Waals surface area (Å²) in [6.45, 7) is 3.20. The van der Waals surface area contributed by atoms with E-state index in [4.69, 9.17) is 0 Å². The first-order valence-corrected chi connectivity index (χ1v) is 7.19. The average molecular weight is 301 g/mol. The first-order valence-electron chi connectivity index (χ1n) is 4.74. The predicted molar refractivity (Wildman–Crippen MR) is 69.7 cm³/mol. The zero-order chi connectivity index (χ0) is 13.3. The standard InChI is InChI=1S/C9H7N3O3S3/c1-4(13)7-3-6(12(14)15)8(17-7)18-9-11-10-5(2)16-9/h3H,1-2H3. The van der Waals surface area contributed by atoms with E-state index in [0.29, 0.717) is 13.4 Å². The molecule has 0 spiro atoms. The summed E-state index contributed by atoms with van der Waals surface area (Å²) >= 11 is 3.64. The molecule has 0 aliphatic rings. The van der Waals surface area contributed by atoms with Gasteiger partial charge in [0.05, 0.1) is 9.80 Å². The van der Waals surface area contributed by atoms with Crippen molar-refractivity contribution < 1.29 is 9.72 Å². The Morgan fingerprint density at radius 1 is 1.44 bits per heavy atom. The van der Waals surface area contributed by atoms with Crippen LogP contribution >= 0.6 is 34.4 Å². The molecule has 0 saturated heterocycles. The summed E-state index contributed by atoms with van der Waals surface area (Å²) in [6, 6.07) is 1.31. The molecule has 6 nitrogen and oxygen atoms in total. The van der Waals surface area contributed by atoms with Gasteiger partial charge < -0.3 is 0 Å². The zero-order valence-electron chi connectivity index (χ0n) is 9.37. The van der Waals surface area contributed by atoms with Crippen LogP contribution in [0.2, 0.25) is 0 Å². The number of rotatable bonds is 4. The lowest BCUT2D eigenvalue weighted by atomic mass is 10.3. The largest absolute Gasteiger partial charge is 0.294 e. The molecule has 0 aromatic carbocycles. The van der Waals surface area contributed by atoms with Gasteiger partial charge in [0, 0.05) is 6.07 Å². The van der Waals surface area contributed by atoms with Crippen LogP contribution in [0, 0.1) is 17.0 Å². The van der Waals surface area contributed by atoms with E-state index in [0.717, 1.165) is 16.3 Å². The molecule has 0 N–H and O–H groups in total. The van der Waals surface area contributed by atoms with Gasteiger partial charge in [0.2, 0.25) is 0 Å². The molecule has 0 aliphatic heterocycles. The summed E-state index contributed by atoms with van der Waals surface area (Å²) in [5.74, 6) is -0.177. The van der Waals surface area contributed by atoms with Crippen molar-refractivity contribution in [3.05, 3.63) is 26.1 Å². The molecule has 0 unspecified atom stereocenters. The molecule has 94 valence electrons. The summed E-state index contributed by atoms with van der Waals surface area (Å²) in [5, 5.41) is 19.4. The molecule has 0 amide bonds. The molecule has 2 rings (SSSR count). The van der Waals surface area contributed by atoms with Crippen molar-refractivity contribution in [1.29, 1.82) is 0 Å². The highest BCUT2D eigenvalue weighted by Gasteiger charge is 2.22. The molecule has 0 atom stereocenters. The van der Waals surface area contributed by atoms with E-state index < -0.39 is 4.92 Å². The number of aryl methyl sites for hydroxylation is 1. The van der Waals surface area contributed by atoms with E-state index in [-0.39, 0.29) is 11.5 Å². The average Bonchev–Trinajstić information content (AvgIpc) is 2.85.